The van der Waals surface area contributed by atoms with Crippen LogP contribution in [0.1, 0.15) is 135 Å². The Kier molecular flexibility index (Phi) is 61.8. The Balaban J connectivity index is -0.000000458. The number of urea groups is 1. The third-order valence-corrected chi connectivity index (χ3v) is 13.7. The van der Waals surface area contributed by atoms with Crippen LogP contribution in [0.2, 0.25) is 0 Å². The number of hydrogen-bond acceptors (Lipinski definition) is 13. The second-order valence-electron chi connectivity index (χ2n) is 22.0. The van der Waals surface area contributed by atoms with E-state index < -0.39 is 0 Å². The third kappa shape index (κ3) is 57.0. The Labute approximate surface area is 548 Å². The zero-order chi connectivity index (χ0) is 67.6. The van der Waals surface area contributed by atoms with E-state index in [0.717, 1.165) is 16.9 Å². The van der Waals surface area contributed by atoms with Gasteiger partial charge in [0.1, 0.15) is 11.6 Å². The molecule has 3 aromatic carbocycles. The van der Waals surface area contributed by atoms with Crippen LogP contribution in [0.4, 0.5) is 20.6 Å². The van der Waals surface area contributed by atoms with Crippen molar-refractivity contribution in [3.05, 3.63) is 138 Å². The summed E-state index contributed by atoms with van der Waals surface area (Å²) in [4.78, 5) is 59.9. The zero-order valence-electron chi connectivity index (χ0n) is 58.5. The van der Waals surface area contributed by atoms with Crippen LogP contribution in [0.25, 0.3) is 0 Å². The Morgan fingerprint density at radius 3 is 1.42 bits per heavy atom. The van der Waals surface area contributed by atoms with Crippen LogP contribution in [0.15, 0.2) is 104 Å². The maximum atomic E-state index is 12.8. The average molecular weight is 1260 g/mol. The molecule has 16 nitrogen and oxygen atoms in total. The number of Topliss-reactive ketones (excluding diaryl/α,β-unsaturated/α-hetero) is 1. The van der Waals surface area contributed by atoms with Crippen LogP contribution >= 0.6 is 0 Å². The minimum absolute atomic E-state index is 0. The lowest BCUT2D eigenvalue weighted by Crippen LogP contribution is -2.44. The van der Waals surface area contributed by atoms with Crippen molar-refractivity contribution < 1.29 is 33.0 Å². The number of carbonyl (C=O) groups excluding carboxylic acids is 4. The van der Waals surface area contributed by atoms with E-state index in [2.05, 4.69) is 136 Å². The number of ether oxygens (including phenoxy) is 2. The van der Waals surface area contributed by atoms with E-state index in [4.69, 9.17) is 9.47 Å². The highest BCUT2D eigenvalue weighted by molar-refractivity contribution is 5.89. The number of ketones is 2. The summed E-state index contributed by atoms with van der Waals surface area (Å²) >= 11 is 0. The topological polar surface area (TPSA) is 155 Å². The number of aromatic nitrogens is 1. The van der Waals surface area contributed by atoms with Crippen molar-refractivity contribution >= 4 is 34.9 Å². The second kappa shape index (κ2) is 61.6. The second-order valence-corrected chi connectivity index (χ2v) is 22.0. The molecule has 4 aliphatic heterocycles. The number of pyridine rings is 1. The lowest BCUT2D eigenvalue weighted by atomic mass is 10.1. The number of hydrogen-bond donors (Lipinski definition) is 3. The number of likely N-dealkylation sites (tertiary alicyclic amines) is 2. The van der Waals surface area contributed by atoms with Gasteiger partial charge in [0.2, 0.25) is 5.91 Å². The van der Waals surface area contributed by atoms with Gasteiger partial charge in [-0.15, -0.1) is 12.3 Å². The van der Waals surface area contributed by atoms with Gasteiger partial charge in [0, 0.05) is 111 Å². The number of methoxy groups -OCH3 is 2. The molecule has 4 aliphatic rings. The first-order valence-corrected chi connectivity index (χ1v) is 31.7. The molecule has 4 fully saturated rings. The predicted octanol–water partition coefficient (Wildman–Crippen LogP) is 13.3. The summed E-state index contributed by atoms with van der Waals surface area (Å²) in [7, 11) is 13.6. The Hall–Kier alpha value is -6.20. The summed E-state index contributed by atoms with van der Waals surface area (Å²) in [5.41, 5.74) is 6.60. The van der Waals surface area contributed by atoms with E-state index in [-0.39, 0.29) is 36.7 Å². The average Bonchev–Trinajstić information content (AvgIpc) is 3.63. The largest absolute Gasteiger partial charge is 0.380 e. The van der Waals surface area contributed by atoms with Gasteiger partial charge in [-0.1, -0.05) is 103 Å². The van der Waals surface area contributed by atoms with Gasteiger partial charge in [0.25, 0.3) is 0 Å². The van der Waals surface area contributed by atoms with E-state index in [1.54, 1.807) is 47.3 Å². The Morgan fingerprint density at radius 2 is 1.07 bits per heavy atom. The SMILES string of the molecule is C.C#CC.C=CC(=O)CC.CC(=O)Nc1cccc(C)c1.CCC(C)=O.CCN1CCCCC1.CCN1CCN(C)CC1.CN1CCCCC1.CN1CCN(C)CC1.CNC(=O)Nc1ccc(F)c(C)c1.COCc1cccc(C)c1.COCc1ccccn1. The van der Waals surface area contributed by atoms with E-state index >= 15 is 0 Å². The van der Waals surface area contributed by atoms with Crippen LogP contribution in [-0.2, 0) is 37.1 Å². The molecule has 0 atom stereocenters. The number of carbonyl (C=O) groups is 4. The summed E-state index contributed by atoms with van der Waals surface area (Å²) in [6.45, 7) is 40.9. The number of piperazine rings is 2. The molecule has 17 heteroatoms. The number of terminal acetylenes is 1. The van der Waals surface area contributed by atoms with Crippen LogP contribution in [0.3, 0.4) is 0 Å². The van der Waals surface area contributed by atoms with Crippen LogP contribution in [-0.4, -0.2) is 199 Å². The van der Waals surface area contributed by atoms with Crippen molar-refractivity contribution in [1.29, 1.82) is 0 Å². The van der Waals surface area contributed by atoms with Crippen LogP contribution in [0, 0.1) is 38.9 Å². The fourth-order valence-electron chi connectivity index (χ4n) is 7.98. The quantitative estimate of drug-likeness (QED) is 0.0965. The molecular formula is C73H125FN10O6. The van der Waals surface area contributed by atoms with Gasteiger partial charge in [-0.05, 0) is 193 Å². The molecule has 0 spiro atoms. The van der Waals surface area contributed by atoms with Crippen molar-refractivity contribution in [2.75, 3.05) is 152 Å². The maximum Gasteiger partial charge on any atom is 0.318 e. The van der Waals surface area contributed by atoms with Crippen LogP contribution in [0.5, 0.6) is 0 Å². The van der Waals surface area contributed by atoms with E-state index in [1.807, 2.05) is 69.3 Å². The van der Waals surface area contributed by atoms with Gasteiger partial charge in [-0.3, -0.25) is 14.6 Å². The molecule has 0 saturated carbocycles. The van der Waals surface area contributed by atoms with Gasteiger partial charge < -0.3 is 59.6 Å². The number of halogens is 1. The summed E-state index contributed by atoms with van der Waals surface area (Å²) in [5, 5.41) is 7.65. The first kappa shape index (κ1) is 90.2. The Bertz CT molecular complexity index is 2410. The molecule has 0 unspecified atom stereocenters. The number of likely N-dealkylation sites (N-methyl/N-ethyl adjacent to an activating group) is 4. The minimum Gasteiger partial charge on any atom is -0.380 e. The number of allylic oxidation sites excluding steroid dienone is 1. The highest BCUT2D eigenvalue weighted by Crippen LogP contribution is 2.14. The summed E-state index contributed by atoms with van der Waals surface area (Å²) < 4.78 is 22.6. The van der Waals surface area contributed by atoms with Crippen molar-refractivity contribution in [1.82, 2.24) is 39.7 Å². The predicted molar refractivity (Wildman–Crippen MR) is 381 cm³/mol. The minimum atomic E-state index is -0.314. The molecule has 1 aromatic heterocycles. The number of nitrogens with zero attached hydrogens (tertiary/aromatic N) is 7. The van der Waals surface area contributed by atoms with E-state index in [0.29, 0.717) is 37.3 Å². The summed E-state index contributed by atoms with van der Waals surface area (Å²) in [5.74, 6) is 2.30. The Morgan fingerprint density at radius 1 is 0.611 bits per heavy atom. The number of nitrogens with one attached hydrogen (secondary N) is 3. The van der Waals surface area contributed by atoms with E-state index in [9.17, 15) is 23.6 Å². The number of rotatable bonds is 11. The van der Waals surface area contributed by atoms with Crippen molar-refractivity contribution in [3.63, 3.8) is 0 Å². The summed E-state index contributed by atoms with van der Waals surface area (Å²) in [6, 6.07) is 25.9. The first-order valence-electron chi connectivity index (χ1n) is 31.7. The fourth-order valence-corrected chi connectivity index (χ4v) is 7.98. The van der Waals surface area contributed by atoms with Gasteiger partial charge in [0.05, 0.1) is 18.9 Å². The molecule has 4 aromatic rings. The number of aryl methyl sites for hydroxylation is 3. The van der Waals surface area contributed by atoms with E-state index in [1.165, 1.54) is 173 Å². The number of anilines is 2. The molecule has 510 valence electrons. The zero-order valence-corrected chi connectivity index (χ0v) is 58.5. The normalized spacial score (nSPS) is 14.4. The standard InChI is InChI=1S/C9H11FN2O.C9H11NO.C9H12O.C7H16N2.C7H9NO.C7H15N.C6H14N2.C6H13N.C5H8O.C4H8O.C3H4.CH4/c1-6-5-7(3-4-8(6)10)12-9(13)11-2;1-7-4-3-5-9(6-7)10-8(2)11;1-8-4-3-5-9(6-8)7-10-2;1-3-9-6-4-8(2)5-7-9;1-9-6-7-4-2-3-5-8-7;1-2-8-6-4-3-5-7-8;1-7-3-5-8(2)6-4-7;1-7-5-3-2-4-6-7;1-3-5(6)4-2;1-3-4(2)5;1-3-2;/h3-5H,1-2H3,(H2,11,12,13);3-6H,1-2H3,(H,10,11);3-6H,7H2,1-2H3;3-7H2,1-2H3;2-5H,6H2,1H3;2-7H2,1H3;3-6H2,1-2H3;2-6H2,1H3;3H,1,4H2,2H3;3H2,1-2H3;1H,2H3;1H4. The molecule has 3 N–H and O–H groups in total. The highest BCUT2D eigenvalue weighted by atomic mass is 19.1. The third-order valence-electron chi connectivity index (χ3n) is 13.7. The lowest BCUT2D eigenvalue weighted by Gasteiger charge is -2.31. The van der Waals surface area contributed by atoms with Gasteiger partial charge >= 0.3 is 6.03 Å². The molecule has 5 heterocycles. The number of piperidine rings is 2. The molecule has 8 rings (SSSR count). The number of amides is 3. The molecule has 3 amide bonds. The smallest absolute Gasteiger partial charge is 0.318 e. The molecule has 0 bridgehead atoms. The molecule has 4 saturated heterocycles. The lowest BCUT2D eigenvalue weighted by molar-refractivity contribution is -0.117. The number of benzene rings is 3. The van der Waals surface area contributed by atoms with Crippen molar-refractivity contribution in [3.8, 4) is 12.3 Å². The van der Waals surface area contributed by atoms with Gasteiger partial charge in [-0.25, -0.2) is 9.18 Å². The molecular weight excluding hydrogens is 1130 g/mol. The first-order chi connectivity index (χ1) is 42.5. The molecule has 0 aliphatic carbocycles. The molecule has 90 heavy (non-hydrogen) atoms. The van der Waals surface area contributed by atoms with Gasteiger partial charge in [-0.2, -0.15) is 0 Å². The molecule has 0 radical (unpaired) electrons. The van der Waals surface area contributed by atoms with Crippen molar-refractivity contribution in [2.45, 2.75) is 141 Å². The fraction of sp³-hybridized carbons (Fsp3) is 0.575. The monoisotopic (exact) mass is 1260 g/mol. The van der Waals surface area contributed by atoms with Gasteiger partial charge in [0.15, 0.2) is 5.78 Å². The maximum absolute atomic E-state index is 12.8. The summed E-state index contributed by atoms with van der Waals surface area (Å²) in [6.07, 6.45) is 17.5. The van der Waals surface area contributed by atoms with Crippen LogP contribution < -0.4 is 16.0 Å². The highest BCUT2D eigenvalue weighted by Gasteiger charge is 2.11. The van der Waals surface area contributed by atoms with Crippen molar-refractivity contribution in [2.24, 2.45) is 0 Å².